The first kappa shape index (κ1) is 14.3. The normalized spacial score (nSPS) is 24.7. The van der Waals surface area contributed by atoms with Crippen LogP contribution in [0.1, 0.15) is 52.4 Å². The molecule has 2 N–H and O–H groups in total. The summed E-state index contributed by atoms with van der Waals surface area (Å²) in [5, 5.41) is 0. The van der Waals surface area contributed by atoms with E-state index in [1.807, 2.05) is 0 Å². The van der Waals surface area contributed by atoms with E-state index in [-0.39, 0.29) is 0 Å². The Bertz CT molecular complexity index is 242. The Morgan fingerprint density at radius 2 is 1.89 bits per heavy atom. The zero-order valence-corrected chi connectivity index (χ0v) is 12.3. The van der Waals surface area contributed by atoms with Gasteiger partial charge in [-0.2, -0.15) is 0 Å². The highest BCUT2D eigenvalue weighted by atomic mass is 15.3. The van der Waals surface area contributed by atoms with Gasteiger partial charge < -0.3 is 10.6 Å². The van der Waals surface area contributed by atoms with Crippen LogP contribution in [0.25, 0.3) is 0 Å². The maximum atomic E-state index is 6.20. The van der Waals surface area contributed by atoms with Crippen molar-refractivity contribution in [2.24, 2.45) is 5.73 Å². The summed E-state index contributed by atoms with van der Waals surface area (Å²) in [6, 6.07) is 0.855. The molecule has 3 heteroatoms. The second-order valence-electron chi connectivity index (χ2n) is 6.14. The van der Waals surface area contributed by atoms with Gasteiger partial charge in [0.15, 0.2) is 0 Å². The van der Waals surface area contributed by atoms with Gasteiger partial charge in [-0.3, -0.25) is 4.90 Å². The van der Waals surface area contributed by atoms with Crippen molar-refractivity contribution in [1.29, 1.82) is 0 Å². The highest BCUT2D eigenvalue weighted by molar-refractivity contribution is 5.01. The molecule has 1 saturated heterocycles. The lowest BCUT2D eigenvalue weighted by Crippen LogP contribution is -2.60. The lowest BCUT2D eigenvalue weighted by Gasteiger charge is -2.49. The van der Waals surface area contributed by atoms with Gasteiger partial charge in [0.1, 0.15) is 0 Å². The zero-order chi connectivity index (χ0) is 13.0. The Hall–Kier alpha value is -0.120. The van der Waals surface area contributed by atoms with Crippen molar-refractivity contribution in [2.75, 3.05) is 32.7 Å². The third-order valence-electron chi connectivity index (χ3n) is 4.96. The number of rotatable bonds is 7. The second-order valence-corrected chi connectivity index (χ2v) is 6.14. The number of hydrogen-bond donors (Lipinski definition) is 1. The molecule has 2 rings (SSSR count). The molecule has 0 bridgehead atoms. The summed E-state index contributed by atoms with van der Waals surface area (Å²) < 4.78 is 0. The minimum atomic E-state index is 0.321. The molecule has 0 aromatic carbocycles. The first-order valence-corrected chi connectivity index (χ1v) is 7.95. The number of unbranched alkanes of at least 4 members (excludes halogenated alkanes) is 1. The van der Waals surface area contributed by atoms with Crippen molar-refractivity contribution in [1.82, 2.24) is 9.80 Å². The number of piperidine rings is 1. The highest BCUT2D eigenvalue weighted by Gasteiger charge is 2.44. The third kappa shape index (κ3) is 3.06. The van der Waals surface area contributed by atoms with E-state index in [2.05, 4.69) is 23.6 Å². The molecule has 0 aromatic heterocycles. The van der Waals surface area contributed by atoms with Crippen LogP contribution in [0, 0.1) is 0 Å². The molecule has 0 spiro atoms. The zero-order valence-electron chi connectivity index (χ0n) is 12.3. The summed E-state index contributed by atoms with van der Waals surface area (Å²) in [6.07, 6.45) is 7.99. The fraction of sp³-hybridized carbons (Fsp3) is 1.00. The number of nitrogens with zero attached hydrogens (tertiary/aromatic N) is 2. The summed E-state index contributed by atoms with van der Waals surface area (Å²) in [4.78, 5) is 5.36. The van der Waals surface area contributed by atoms with Crippen LogP contribution in [0.3, 0.4) is 0 Å². The van der Waals surface area contributed by atoms with Gasteiger partial charge in [0.2, 0.25) is 0 Å². The Labute approximate surface area is 113 Å². The van der Waals surface area contributed by atoms with Crippen LogP contribution in [0.15, 0.2) is 0 Å². The summed E-state index contributed by atoms with van der Waals surface area (Å²) in [6.45, 7) is 10.4. The van der Waals surface area contributed by atoms with Crippen molar-refractivity contribution >= 4 is 0 Å². The minimum Gasteiger partial charge on any atom is -0.329 e. The molecular formula is C15H31N3. The molecule has 106 valence electrons. The third-order valence-corrected chi connectivity index (χ3v) is 4.96. The molecular weight excluding hydrogens is 222 g/mol. The Morgan fingerprint density at radius 1 is 1.22 bits per heavy atom. The van der Waals surface area contributed by atoms with Gasteiger partial charge in [-0.1, -0.05) is 20.3 Å². The fourth-order valence-corrected chi connectivity index (χ4v) is 3.42. The molecule has 0 aromatic rings. The Morgan fingerprint density at radius 3 is 2.33 bits per heavy atom. The van der Waals surface area contributed by atoms with Crippen LogP contribution in [-0.2, 0) is 0 Å². The standard InChI is InChI=1S/C15H31N3/c1-3-5-10-18(14-6-7-14)15(13-16)8-11-17(4-2)12-9-15/h14H,3-13,16H2,1-2H3. The summed E-state index contributed by atoms with van der Waals surface area (Å²) in [5.74, 6) is 0. The molecule has 1 heterocycles. The van der Waals surface area contributed by atoms with Crippen LogP contribution in [0.4, 0.5) is 0 Å². The van der Waals surface area contributed by atoms with Crippen molar-refractivity contribution in [2.45, 2.75) is 64.0 Å². The maximum absolute atomic E-state index is 6.20. The second kappa shape index (κ2) is 6.36. The Balaban J connectivity index is 2.00. The van der Waals surface area contributed by atoms with E-state index in [9.17, 15) is 0 Å². The van der Waals surface area contributed by atoms with Crippen molar-refractivity contribution < 1.29 is 0 Å². The van der Waals surface area contributed by atoms with Gasteiger partial charge in [-0.05, 0) is 58.3 Å². The first-order valence-electron chi connectivity index (χ1n) is 7.95. The van der Waals surface area contributed by atoms with Gasteiger partial charge >= 0.3 is 0 Å². The molecule has 3 nitrogen and oxygen atoms in total. The fourth-order valence-electron chi connectivity index (χ4n) is 3.42. The first-order chi connectivity index (χ1) is 8.75. The molecule has 1 saturated carbocycles. The summed E-state index contributed by atoms with van der Waals surface area (Å²) >= 11 is 0. The predicted octanol–water partition coefficient (Wildman–Crippen LogP) is 2.06. The average Bonchev–Trinajstić information content (AvgIpc) is 3.24. The number of hydrogen-bond acceptors (Lipinski definition) is 3. The van der Waals surface area contributed by atoms with Crippen LogP contribution in [0.2, 0.25) is 0 Å². The van der Waals surface area contributed by atoms with E-state index < -0.39 is 0 Å². The van der Waals surface area contributed by atoms with Crippen LogP contribution in [-0.4, -0.2) is 54.1 Å². The van der Waals surface area contributed by atoms with Gasteiger partial charge in [0.05, 0.1) is 0 Å². The predicted molar refractivity (Wildman–Crippen MR) is 77.8 cm³/mol. The van der Waals surface area contributed by atoms with E-state index in [1.165, 1.54) is 64.7 Å². The van der Waals surface area contributed by atoms with E-state index in [0.717, 1.165) is 12.6 Å². The van der Waals surface area contributed by atoms with E-state index >= 15 is 0 Å². The van der Waals surface area contributed by atoms with Crippen LogP contribution < -0.4 is 5.73 Å². The summed E-state index contributed by atoms with van der Waals surface area (Å²) in [5.41, 5.74) is 6.52. The molecule has 1 aliphatic carbocycles. The van der Waals surface area contributed by atoms with E-state index in [1.54, 1.807) is 0 Å². The van der Waals surface area contributed by atoms with Crippen LogP contribution in [0.5, 0.6) is 0 Å². The largest absolute Gasteiger partial charge is 0.329 e. The molecule has 2 aliphatic rings. The van der Waals surface area contributed by atoms with Crippen molar-refractivity contribution in [3.8, 4) is 0 Å². The van der Waals surface area contributed by atoms with Gasteiger partial charge in [0, 0.05) is 18.1 Å². The lowest BCUT2D eigenvalue weighted by molar-refractivity contribution is 0.0208. The molecule has 0 atom stereocenters. The molecule has 0 unspecified atom stereocenters. The van der Waals surface area contributed by atoms with Crippen molar-refractivity contribution in [3.05, 3.63) is 0 Å². The number of likely N-dealkylation sites (tertiary alicyclic amines) is 1. The molecule has 0 amide bonds. The van der Waals surface area contributed by atoms with E-state index in [4.69, 9.17) is 5.73 Å². The van der Waals surface area contributed by atoms with Gasteiger partial charge in [-0.25, -0.2) is 0 Å². The molecule has 1 aliphatic heterocycles. The average molecular weight is 253 g/mol. The monoisotopic (exact) mass is 253 g/mol. The summed E-state index contributed by atoms with van der Waals surface area (Å²) in [7, 11) is 0. The highest BCUT2D eigenvalue weighted by Crippen LogP contribution is 2.38. The Kier molecular flexibility index (Phi) is 5.05. The van der Waals surface area contributed by atoms with Crippen LogP contribution >= 0.6 is 0 Å². The number of nitrogens with two attached hydrogens (primary N) is 1. The quantitative estimate of drug-likeness (QED) is 0.754. The SMILES string of the molecule is CCCCN(C1CC1)C1(CN)CCN(CC)CC1. The molecule has 0 radical (unpaired) electrons. The molecule has 18 heavy (non-hydrogen) atoms. The van der Waals surface area contributed by atoms with E-state index in [0.29, 0.717) is 5.54 Å². The lowest BCUT2D eigenvalue weighted by atomic mass is 9.85. The van der Waals surface area contributed by atoms with Crippen molar-refractivity contribution in [3.63, 3.8) is 0 Å². The molecule has 2 fully saturated rings. The van der Waals surface area contributed by atoms with Gasteiger partial charge in [0.25, 0.3) is 0 Å². The van der Waals surface area contributed by atoms with Gasteiger partial charge in [-0.15, -0.1) is 0 Å². The maximum Gasteiger partial charge on any atom is 0.0358 e. The smallest absolute Gasteiger partial charge is 0.0358 e. The minimum absolute atomic E-state index is 0.321. The topological polar surface area (TPSA) is 32.5 Å².